The maximum atomic E-state index is 5.57. The summed E-state index contributed by atoms with van der Waals surface area (Å²) in [7, 11) is 1.73. The van der Waals surface area contributed by atoms with Crippen molar-refractivity contribution in [2.24, 2.45) is 0 Å². The molecule has 1 fully saturated rings. The van der Waals surface area contributed by atoms with Gasteiger partial charge < -0.3 is 19.0 Å². The van der Waals surface area contributed by atoms with Crippen molar-refractivity contribution in [2.45, 2.75) is 19.3 Å². The quantitative estimate of drug-likeness (QED) is 0.506. The van der Waals surface area contributed by atoms with Crippen molar-refractivity contribution in [1.82, 2.24) is 19.6 Å². The smallest absolute Gasteiger partial charge is 0.255 e. The third kappa shape index (κ3) is 3.01. The number of hydrogen-bond acceptors (Lipinski definition) is 7. The molecule has 1 aromatic carbocycles. The van der Waals surface area contributed by atoms with Crippen LogP contribution in [0.5, 0.6) is 5.75 Å². The number of aryl methyl sites for hydroxylation is 1. The summed E-state index contributed by atoms with van der Waals surface area (Å²) in [4.78, 5) is 14.3. The van der Waals surface area contributed by atoms with Crippen LogP contribution in [-0.4, -0.2) is 52.9 Å². The van der Waals surface area contributed by atoms with Gasteiger partial charge in [0.15, 0.2) is 5.76 Å². The van der Waals surface area contributed by atoms with Crippen LogP contribution in [0, 0.1) is 0 Å². The van der Waals surface area contributed by atoms with Crippen LogP contribution in [0.4, 0.5) is 11.5 Å². The molecule has 0 bridgehead atoms. The fraction of sp³-hybridized carbons (Fsp3) is 0.348. The molecule has 0 saturated carbocycles. The molecule has 0 spiro atoms. The average Bonchev–Trinajstić information content (AvgIpc) is 3.57. The number of aromatic nitrogens is 4. The number of nitrogens with zero attached hydrogens (tertiary/aromatic N) is 6. The van der Waals surface area contributed by atoms with E-state index in [1.807, 2.05) is 28.8 Å². The first-order valence-corrected chi connectivity index (χ1v) is 10.8. The summed E-state index contributed by atoms with van der Waals surface area (Å²) in [6.45, 7) is 3.64. The lowest BCUT2D eigenvalue weighted by Gasteiger charge is -2.38. The Morgan fingerprint density at radius 3 is 2.58 bits per heavy atom. The van der Waals surface area contributed by atoms with E-state index in [2.05, 4.69) is 26.9 Å². The number of fused-ring (bicyclic) bond motifs is 2. The van der Waals surface area contributed by atoms with Crippen LogP contribution < -0.4 is 14.5 Å². The van der Waals surface area contributed by atoms with Crippen molar-refractivity contribution in [3.8, 4) is 17.3 Å². The first-order valence-electron chi connectivity index (χ1n) is 10.8. The zero-order valence-electron chi connectivity index (χ0n) is 17.5. The topological polar surface area (TPSA) is 71.9 Å². The van der Waals surface area contributed by atoms with Gasteiger partial charge in [0.25, 0.3) is 5.78 Å². The zero-order chi connectivity index (χ0) is 20.8. The molecule has 0 amide bonds. The third-order valence-corrected chi connectivity index (χ3v) is 6.23. The molecule has 8 heteroatoms. The second-order valence-corrected chi connectivity index (χ2v) is 7.98. The standard InChI is InChI=1S/C23H24N6O2/c1-30-19-9-3-2-8-18(19)27-11-13-28(14-12-27)22-16-6-4-7-17(16)24-23-25-21(26-29(22)23)20-10-5-15-31-20/h2-3,5,8-10,15H,4,6-7,11-14H2,1H3. The molecule has 158 valence electrons. The molecule has 1 saturated heterocycles. The highest BCUT2D eigenvalue weighted by Gasteiger charge is 2.28. The van der Waals surface area contributed by atoms with Crippen LogP contribution in [0.1, 0.15) is 17.7 Å². The SMILES string of the molecule is COc1ccccc1N1CCN(c2c3c(nc4nc(-c5ccco5)nn24)CCC3)CC1. The lowest BCUT2D eigenvalue weighted by Crippen LogP contribution is -2.47. The number of para-hydroxylation sites is 2. The fourth-order valence-electron chi connectivity index (χ4n) is 4.74. The number of furan rings is 1. The number of anilines is 2. The number of methoxy groups -OCH3 is 1. The van der Waals surface area contributed by atoms with Gasteiger partial charge in [-0.3, -0.25) is 0 Å². The Morgan fingerprint density at radius 1 is 0.935 bits per heavy atom. The van der Waals surface area contributed by atoms with Crippen LogP contribution in [0.3, 0.4) is 0 Å². The number of piperazine rings is 1. The van der Waals surface area contributed by atoms with E-state index in [4.69, 9.17) is 19.2 Å². The van der Waals surface area contributed by atoms with Gasteiger partial charge in [-0.2, -0.15) is 9.50 Å². The van der Waals surface area contributed by atoms with Crippen molar-refractivity contribution < 1.29 is 9.15 Å². The summed E-state index contributed by atoms with van der Waals surface area (Å²) in [5.74, 6) is 3.95. The third-order valence-electron chi connectivity index (χ3n) is 6.23. The van der Waals surface area contributed by atoms with Crippen molar-refractivity contribution in [2.75, 3.05) is 43.1 Å². The van der Waals surface area contributed by atoms with E-state index in [1.54, 1.807) is 13.4 Å². The summed E-state index contributed by atoms with van der Waals surface area (Å²) in [5.41, 5.74) is 3.62. The maximum absolute atomic E-state index is 5.57. The first kappa shape index (κ1) is 18.2. The normalized spacial score (nSPS) is 16.2. The lowest BCUT2D eigenvalue weighted by atomic mass is 10.2. The Kier molecular flexibility index (Phi) is 4.29. The van der Waals surface area contributed by atoms with Gasteiger partial charge in [-0.25, -0.2) is 4.98 Å². The molecule has 0 atom stereocenters. The van der Waals surface area contributed by atoms with Crippen LogP contribution in [0.25, 0.3) is 17.4 Å². The van der Waals surface area contributed by atoms with Crippen LogP contribution in [0.2, 0.25) is 0 Å². The molecule has 3 aromatic heterocycles. The Balaban J connectivity index is 1.35. The van der Waals surface area contributed by atoms with Gasteiger partial charge in [-0.05, 0) is 43.5 Å². The molecule has 0 N–H and O–H groups in total. The molecule has 6 rings (SSSR count). The van der Waals surface area contributed by atoms with Crippen LogP contribution >= 0.6 is 0 Å². The van der Waals surface area contributed by atoms with Gasteiger partial charge >= 0.3 is 0 Å². The Hall–Kier alpha value is -3.55. The molecule has 4 aromatic rings. The van der Waals surface area contributed by atoms with Crippen molar-refractivity contribution in [3.63, 3.8) is 0 Å². The predicted octanol–water partition coefficient (Wildman–Crippen LogP) is 3.21. The van der Waals surface area contributed by atoms with E-state index >= 15 is 0 Å². The highest BCUT2D eigenvalue weighted by Crippen LogP contribution is 2.34. The Bertz CT molecular complexity index is 1220. The molecule has 31 heavy (non-hydrogen) atoms. The summed E-state index contributed by atoms with van der Waals surface area (Å²) >= 11 is 0. The monoisotopic (exact) mass is 416 g/mol. The maximum Gasteiger partial charge on any atom is 0.255 e. The molecular weight excluding hydrogens is 392 g/mol. The van der Waals surface area contributed by atoms with E-state index in [0.29, 0.717) is 17.4 Å². The minimum absolute atomic E-state index is 0.579. The number of benzene rings is 1. The summed E-state index contributed by atoms with van der Waals surface area (Å²) in [6, 6.07) is 12.0. The molecule has 1 aliphatic carbocycles. The highest BCUT2D eigenvalue weighted by atomic mass is 16.5. The van der Waals surface area contributed by atoms with Crippen LogP contribution in [0.15, 0.2) is 47.1 Å². The molecule has 1 aliphatic heterocycles. The van der Waals surface area contributed by atoms with Crippen molar-refractivity contribution in [1.29, 1.82) is 0 Å². The number of hydrogen-bond donors (Lipinski definition) is 0. The molecular formula is C23H24N6O2. The second kappa shape index (κ2) is 7.30. The van der Waals surface area contributed by atoms with Gasteiger partial charge in [0.05, 0.1) is 24.8 Å². The van der Waals surface area contributed by atoms with Crippen molar-refractivity contribution >= 4 is 17.3 Å². The minimum atomic E-state index is 0.579. The molecule has 0 radical (unpaired) electrons. The second-order valence-electron chi connectivity index (χ2n) is 7.98. The van der Waals surface area contributed by atoms with Gasteiger partial charge in [0, 0.05) is 31.7 Å². The van der Waals surface area contributed by atoms with Crippen molar-refractivity contribution in [3.05, 3.63) is 53.9 Å². The molecule has 4 heterocycles. The highest BCUT2D eigenvalue weighted by molar-refractivity contribution is 5.62. The fourth-order valence-corrected chi connectivity index (χ4v) is 4.74. The molecule has 0 unspecified atom stereocenters. The molecule has 8 nitrogen and oxygen atoms in total. The van der Waals surface area contributed by atoms with Crippen LogP contribution in [-0.2, 0) is 12.8 Å². The largest absolute Gasteiger partial charge is 0.495 e. The number of rotatable bonds is 4. The van der Waals surface area contributed by atoms with E-state index in [9.17, 15) is 0 Å². The Morgan fingerprint density at radius 2 is 1.77 bits per heavy atom. The first-order chi connectivity index (χ1) is 15.3. The minimum Gasteiger partial charge on any atom is -0.495 e. The summed E-state index contributed by atoms with van der Waals surface area (Å²) in [5, 5.41) is 4.79. The van der Waals surface area contributed by atoms with Gasteiger partial charge in [-0.1, -0.05) is 12.1 Å². The summed E-state index contributed by atoms with van der Waals surface area (Å²) in [6.07, 6.45) is 4.82. The number of ether oxygens (including phenoxy) is 1. The van der Waals surface area contributed by atoms with Gasteiger partial charge in [0.1, 0.15) is 11.6 Å². The predicted molar refractivity (Wildman–Crippen MR) is 118 cm³/mol. The summed E-state index contributed by atoms with van der Waals surface area (Å²) < 4.78 is 13.0. The molecule has 2 aliphatic rings. The van der Waals surface area contributed by atoms with Gasteiger partial charge in [-0.15, -0.1) is 5.10 Å². The van der Waals surface area contributed by atoms with E-state index in [0.717, 1.165) is 68.4 Å². The lowest BCUT2D eigenvalue weighted by molar-refractivity contribution is 0.413. The zero-order valence-corrected chi connectivity index (χ0v) is 17.5. The Labute approximate surface area is 180 Å². The average molecular weight is 416 g/mol. The van der Waals surface area contributed by atoms with Gasteiger partial charge in [0.2, 0.25) is 5.82 Å². The van der Waals surface area contributed by atoms with E-state index in [-0.39, 0.29) is 0 Å². The van der Waals surface area contributed by atoms with E-state index in [1.165, 1.54) is 5.56 Å². The van der Waals surface area contributed by atoms with E-state index < -0.39 is 0 Å².